The first-order valence-electron chi connectivity index (χ1n) is 5.90. The zero-order valence-corrected chi connectivity index (χ0v) is 10.3. The Balaban J connectivity index is 2.25. The standard InChI is InChI=1S/C13H16N4O/c1-15-13(14)17-12(18)10-7-9-5-3-2-4-6-11(9)16-8-10/h3,5,7-8H,2,4,6H2,1H3,(H3,14,15,17,18). The molecule has 2 rings (SSSR count). The second-order valence-electron chi connectivity index (χ2n) is 4.12. The summed E-state index contributed by atoms with van der Waals surface area (Å²) in [7, 11) is 1.52. The number of nitrogens with zero attached hydrogens (tertiary/aromatic N) is 2. The summed E-state index contributed by atoms with van der Waals surface area (Å²) in [6.07, 6.45) is 8.80. The molecule has 0 aliphatic heterocycles. The lowest BCUT2D eigenvalue weighted by molar-refractivity contribution is 0.0976. The van der Waals surface area contributed by atoms with Crippen LogP contribution >= 0.6 is 0 Å². The van der Waals surface area contributed by atoms with Crippen LogP contribution in [0.5, 0.6) is 0 Å². The third kappa shape index (κ3) is 2.74. The predicted octanol–water partition coefficient (Wildman–Crippen LogP) is 1.11. The van der Waals surface area contributed by atoms with Crippen molar-refractivity contribution in [3.8, 4) is 0 Å². The van der Waals surface area contributed by atoms with E-state index in [1.807, 2.05) is 12.1 Å². The first-order valence-corrected chi connectivity index (χ1v) is 5.90. The van der Waals surface area contributed by atoms with E-state index < -0.39 is 0 Å². The number of carbonyl (C=O) groups is 1. The Morgan fingerprint density at radius 1 is 1.56 bits per heavy atom. The molecule has 0 fully saturated rings. The van der Waals surface area contributed by atoms with Crippen LogP contribution in [0.25, 0.3) is 6.08 Å². The van der Waals surface area contributed by atoms with E-state index in [2.05, 4.69) is 21.4 Å². The van der Waals surface area contributed by atoms with Gasteiger partial charge in [-0.3, -0.25) is 20.1 Å². The van der Waals surface area contributed by atoms with E-state index >= 15 is 0 Å². The topological polar surface area (TPSA) is 80.4 Å². The van der Waals surface area contributed by atoms with E-state index in [0.717, 1.165) is 30.5 Å². The molecular weight excluding hydrogens is 228 g/mol. The van der Waals surface area contributed by atoms with Crippen LogP contribution in [0.3, 0.4) is 0 Å². The van der Waals surface area contributed by atoms with Gasteiger partial charge in [-0.05, 0) is 30.9 Å². The Labute approximate surface area is 106 Å². The summed E-state index contributed by atoms with van der Waals surface area (Å²) in [5.74, 6) is -0.184. The summed E-state index contributed by atoms with van der Waals surface area (Å²) in [6, 6.07) is 1.84. The van der Waals surface area contributed by atoms with Gasteiger partial charge in [0.1, 0.15) is 0 Å². The molecule has 0 aromatic carbocycles. The van der Waals surface area contributed by atoms with Crippen molar-refractivity contribution >= 4 is 17.9 Å². The molecule has 1 aliphatic rings. The molecule has 3 N–H and O–H groups in total. The van der Waals surface area contributed by atoms with Crippen LogP contribution in [0, 0.1) is 0 Å². The number of aromatic nitrogens is 1. The van der Waals surface area contributed by atoms with E-state index in [4.69, 9.17) is 5.73 Å². The van der Waals surface area contributed by atoms with Gasteiger partial charge < -0.3 is 5.73 Å². The average molecular weight is 244 g/mol. The molecule has 1 heterocycles. The van der Waals surface area contributed by atoms with E-state index in [0.29, 0.717) is 5.56 Å². The van der Waals surface area contributed by atoms with Gasteiger partial charge >= 0.3 is 0 Å². The lowest BCUT2D eigenvalue weighted by Gasteiger charge is -2.07. The van der Waals surface area contributed by atoms with Gasteiger partial charge in [0, 0.05) is 18.9 Å². The monoisotopic (exact) mass is 244 g/mol. The summed E-state index contributed by atoms with van der Waals surface area (Å²) >= 11 is 0. The molecule has 0 radical (unpaired) electrons. The Morgan fingerprint density at radius 2 is 2.39 bits per heavy atom. The Bertz CT molecular complexity index is 520. The van der Waals surface area contributed by atoms with Crippen LogP contribution in [0.2, 0.25) is 0 Å². The largest absolute Gasteiger partial charge is 0.370 e. The SMILES string of the molecule is CN=C(N)NC(=O)c1cnc2c(c1)C=CCCC2. The van der Waals surface area contributed by atoms with Crippen molar-refractivity contribution in [3.63, 3.8) is 0 Å². The van der Waals surface area contributed by atoms with Crippen molar-refractivity contribution in [1.29, 1.82) is 0 Å². The number of fused-ring (bicyclic) bond motifs is 1. The van der Waals surface area contributed by atoms with Gasteiger partial charge in [-0.15, -0.1) is 0 Å². The molecule has 0 atom stereocenters. The van der Waals surface area contributed by atoms with E-state index in [1.54, 1.807) is 6.20 Å². The number of hydrogen-bond donors (Lipinski definition) is 2. The number of guanidine groups is 1. The van der Waals surface area contributed by atoms with Gasteiger partial charge in [-0.1, -0.05) is 12.2 Å². The molecule has 0 spiro atoms. The minimum atomic E-state index is -0.286. The van der Waals surface area contributed by atoms with Crippen molar-refractivity contribution in [1.82, 2.24) is 10.3 Å². The fourth-order valence-corrected chi connectivity index (χ4v) is 1.83. The third-order valence-electron chi connectivity index (χ3n) is 2.83. The quantitative estimate of drug-likeness (QED) is 0.573. The second kappa shape index (κ2) is 5.44. The maximum Gasteiger partial charge on any atom is 0.259 e. The molecule has 0 saturated carbocycles. The van der Waals surface area contributed by atoms with Crippen LogP contribution < -0.4 is 11.1 Å². The van der Waals surface area contributed by atoms with E-state index in [1.165, 1.54) is 7.05 Å². The number of nitrogens with one attached hydrogen (secondary N) is 1. The minimum absolute atomic E-state index is 0.102. The molecule has 1 aromatic heterocycles. The van der Waals surface area contributed by atoms with Crippen molar-refractivity contribution in [2.45, 2.75) is 19.3 Å². The number of hydrogen-bond acceptors (Lipinski definition) is 3. The highest BCUT2D eigenvalue weighted by atomic mass is 16.1. The summed E-state index contributed by atoms with van der Waals surface area (Å²) in [5, 5.41) is 2.49. The molecule has 0 saturated heterocycles. The van der Waals surface area contributed by atoms with E-state index in [-0.39, 0.29) is 11.9 Å². The third-order valence-corrected chi connectivity index (χ3v) is 2.83. The molecule has 5 nitrogen and oxygen atoms in total. The Hall–Kier alpha value is -2.17. The van der Waals surface area contributed by atoms with Crippen LogP contribution in [0.1, 0.15) is 34.5 Å². The number of nitrogens with two attached hydrogens (primary N) is 1. The summed E-state index contributed by atoms with van der Waals surface area (Å²) in [5.41, 5.74) is 8.00. The van der Waals surface area contributed by atoms with Crippen LogP contribution in [0.4, 0.5) is 0 Å². The predicted molar refractivity (Wildman–Crippen MR) is 71.2 cm³/mol. The van der Waals surface area contributed by atoms with Gasteiger partial charge in [-0.25, -0.2) is 0 Å². The molecule has 5 heteroatoms. The number of allylic oxidation sites excluding steroid dienone is 1. The van der Waals surface area contributed by atoms with Crippen LogP contribution in [0.15, 0.2) is 23.3 Å². The highest BCUT2D eigenvalue weighted by Crippen LogP contribution is 2.17. The molecular formula is C13H16N4O. The maximum absolute atomic E-state index is 11.8. The van der Waals surface area contributed by atoms with Crippen molar-refractivity contribution in [3.05, 3.63) is 35.2 Å². The highest BCUT2D eigenvalue weighted by Gasteiger charge is 2.11. The molecule has 94 valence electrons. The summed E-state index contributed by atoms with van der Waals surface area (Å²) in [4.78, 5) is 19.9. The average Bonchev–Trinajstić information content (AvgIpc) is 2.62. The van der Waals surface area contributed by atoms with Crippen LogP contribution in [-0.4, -0.2) is 23.9 Å². The maximum atomic E-state index is 11.8. The van der Waals surface area contributed by atoms with E-state index in [9.17, 15) is 4.79 Å². The van der Waals surface area contributed by atoms with Crippen molar-refractivity contribution in [2.24, 2.45) is 10.7 Å². The zero-order valence-electron chi connectivity index (χ0n) is 10.3. The van der Waals surface area contributed by atoms with Crippen molar-refractivity contribution in [2.75, 3.05) is 7.05 Å². The minimum Gasteiger partial charge on any atom is -0.370 e. The molecule has 1 aromatic rings. The number of rotatable bonds is 1. The number of pyridine rings is 1. The molecule has 0 unspecified atom stereocenters. The number of aliphatic imine (C=N–C) groups is 1. The first kappa shape index (κ1) is 12.3. The lowest BCUT2D eigenvalue weighted by Crippen LogP contribution is -2.36. The molecule has 18 heavy (non-hydrogen) atoms. The number of carbonyl (C=O) groups excluding carboxylic acids is 1. The highest BCUT2D eigenvalue weighted by molar-refractivity contribution is 6.05. The number of amides is 1. The Morgan fingerprint density at radius 3 is 3.17 bits per heavy atom. The molecule has 1 amide bonds. The smallest absolute Gasteiger partial charge is 0.259 e. The first-order chi connectivity index (χ1) is 8.70. The zero-order chi connectivity index (χ0) is 13.0. The number of aryl methyl sites for hydroxylation is 1. The van der Waals surface area contributed by atoms with Crippen molar-refractivity contribution < 1.29 is 4.79 Å². The fraction of sp³-hybridized carbons (Fsp3) is 0.308. The van der Waals surface area contributed by atoms with Gasteiger partial charge in [0.05, 0.1) is 5.56 Å². The van der Waals surface area contributed by atoms with Gasteiger partial charge in [0.25, 0.3) is 5.91 Å². The lowest BCUT2D eigenvalue weighted by atomic mass is 10.1. The van der Waals surface area contributed by atoms with Gasteiger partial charge in [0.2, 0.25) is 0 Å². The second-order valence-corrected chi connectivity index (χ2v) is 4.12. The normalized spacial score (nSPS) is 14.8. The van der Waals surface area contributed by atoms with Gasteiger partial charge in [-0.2, -0.15) is 0 Å². The van der Waals surface area contributed by atoms with Gasteiger partial charge in [0.15, 0.2) is 5.96 Å². The Kier molecular flexibility index (Phi) is 3.72. The van der Waals surface area contributed by atoms with Crippen LogP contribution in [-0.2, 0) is 6.42 Å². The fourth-order valence-electron chi connectivity index (χ4n) is 1.83. The summed E-state index contributed by atoms with van der Waals surface area (Å²) < 4.78 is 0. The molecule has 0 bridgehead atoms. The molecule has 1 aliphatic carbocycles. The summed E-state index contributed by atoms with van der Waals surface area (Å²) in [6.45, 7) is 0.